The van der Waals surface area contributed by atoms with Gasteiger partial charge in [-0.3, -0.25) is 9.59 Å². The quantitative estimate of drug-likeness (QED) is 0.264. The number of likely N-dealkylation sites (tertiary alicyclic amines) is 1. The molecule has 5 rings (SSSR count). The van der Waals surface area contributed by atoms with E-state index in [1.807, 2.05) is 60.5 Å². The summed E-state index contributed by atoms with van der Waals surface area (Å²) in [6.07, 6.45) is 13.3. The van der Waals surface area contributed by atoms with Crippen LogP contribution in [0.2, 0.25) is 5.02 Å². The van der Waals surface area contributed by atoms with Gasteiger partial charge in [-0.25, -0.2) is 0 Å². The van der Waals surface area contributed by atoms with Crippen LogP contribution in [-0.4, -0.2) is 49.6 Å². The zero-order valence-corrected chi connectivity index (χ0v) is 27.8. The average molecular weight is 634 g/mol. The van der Waals surface area contributed by atoms with Crippen LogP contribution in [-0.2, 0) is 33.7 Å². The Kier molecular flexibility index (Phi) is 13.3. The normalized spacial score (nSPS) is 22.5. The van der Waals surface area contributed by atoms with Crippen molar-refractivity contribution in [2.24, 2.45) is 28.9 Å². The number of nitrogens with one attached hydrogen (secondary N) is 1. The van der Waals surface area contributed by atoms with E-state index in [9.17, 15) is 9.59 Å². The lowest BCUT2D eigenvalue weighted by atomic mass is 9.65. The van der Waals surface area contributed by atoms with E-state index in [4.69, 9.17) is 22.1 Å². The van der Waals surface area contributed by atoms with Gasteiger partial charge in [-0.05, 0) is 90.5 Å². The predicted octanol–water partition coefficient (Wildman–Crippen LogP) is 6.90. The van der Waals surface area contributed by atoms with Crippen LogP contribution in [0.1, 0.15) is 68.1 Å². The van der Waals surface area contributed by atoms with Crippen molar-refractivity contribution < 1.29 is 14.3 Å². The predicted molar refractivity (Wildman–Crippen MR) is 184 cm³/mol. The molecule has 4 atom stereocenters. The standard InChI is InChI=1S/C34H46ClN3O3.C4H6/c1-41-23-27-21-34(30-9-5-4-8-29(27)30)16-18-38(19-17-34)33(40)31(20-24-10-13-28(35)14-11-24)37-32(39)15-12-25-6-2-3-7-26(25)22-36;1-3-4-2/h2-3,6-7,10-11,13-14,27,29-31H,4-5,8-9,12,15-23,36H2,1H3,(H,37,39);3-4H,1-2H2/t27-,29?,30?,31+;/m0./s1. The maximum atomic E-state index is 14.0. The molecule has 1 saturated heterocycles. The van der Waals surface area contributed by atoms with Gasteiger partial charge in [-0.1, -0.05) is 86.2 Å². The lowest BCUT2D eigenvalue weighted by molar-refractivity contribution is -0.139. The first-order valence-corrected chi connectivity index (χ1v) is 17.0. The molecule has 0 bridgehead atoms. The van der Waals surface area contributed by atoms with Crippen molar-refractivity contribution in [2.75, 3.05) is 26.8 Å². The number of benzene rings is 2. The largest absolute Gasteiger partial charge is 0.384 e. The van der Waals surface area contributed by atoms with Gasteiger partial charge in [0.15, 0.2) is 0 Å². The third-order valence-corrected chi connectivity index (χ3v) is 10.7. The van der Waals surface area contributed by atoms with Gasteiger partial charge < -0.3 is 20.7 Å². The van der Waals surface area contributed by atoms with Gasteiger partial charge in [-0.15, -0.1) is 0 Å². The van der Waals surface area contributed by atoms with E-state index in [2.05, 4.69) is 18.5 Å². The zero-order chi connectivity index (χ0) is 32.2. The van der Waals surface area contributed by atoms with Crippen molar-refractivity contribution >= 4 is 23.4 Å². The molecule has 1 aliphatic heterocycles. The summed E-state index contributed by atoms with van der Waals surface area (Å²) in [6, 6.07) is 14.9. The summed E-state index contributed by atoms with van der Waals surface area (Å²) in [5, 5.41) is 3.76. The number of nitrogens with two attached hydrogens (primary N) is 1. The number of rotatable bonds is 11. The van der Waals surface area contributed by atoms with Gasteiger partial charge >= 0.3 is 0 Å². The minimum absolute atomic E-state index is 0.0251. The fourth-order valence-corrected chi connectivity index (χ4v) is 8.37. The third kappa shape index (κ3) is 9.08. The Balaban J connectivity index is 0.00000109. The molecule has 3 N–H and O–H groups in total. The number of amides is 2. The molecule has 0 aromatic heterocycles. The van der Waals surface area contributed by atoms with Crippen molar-refractivity contribution in [3.8, 4) is 0 Å². The summed E-state index contributed by atoms with van der Waals surface area (Å²) in [6.45, 7) is 9.55. The minimum atomic E-state index is -0.602. The van der Waals surface area contributed by atoms with Crippen LogP contribution in [0.15, 0.2) is 73.8 Å². The Morgan fingerprint density at radius 3 is 2.38 bits per heavy atom. The summed E-state index contributed by atoms with van der Waals surface area (Å²) in [5.74, 6) is 2.09. The molecule has 1 heterocycles. The van der Waals surface area contributed by atoms with Gasteiger partial charge in [0.25, 0.3) is 0 Å². The fourth-order valence-electron chi connectivity index (χ4n) is 8.24. The Morgan fingerprint density at radius 1 is 1.07 bits per heavy atom. The third-order valence-electron chi connectivity index (χ3n) is 10.4. The van der Waals surface area contributed by atoms with Crippen molar-refractivity contribution in [1.29, 1.82) is 0 Å². The van der Waals surface area contributed by atoms with Crippen molar-refractivity contribution in [2.45, 2.75) is 76.8 Å². The number of hydrogen-bond donors (Lipinski definition) is 2. The number of aryl methyl sites for hydroxylation is 1. The van der Waals surface area contributed by atoms with Crippen LogP contribution in [0.4, 0.5) is 0 Å². The first-order chi connectivity index (χ1) is 21.8. The second-order valence-corrected chi connectivity index (χ2v) is 13.5. The highest BCUT2D eigenvalue weighted by Crippen LogP contribution is 2.60. The van der Waals surface area contributed by atoms with Gasteiger partial charge in [-0.2, -0.15) is 0 Å². The molecule has 3 fully saturated rings. The Bertz CT molecular complexity index is 1270. The molecule has 1 spiro atoms. The minimum Gasteiger partial charge on any atom is -0.384 e. The van der Waals surface area contributed by atoms with E-state index < -0.39 is 6.04 Å². The number of carbonyl (C=O) groups is 2. The highest BCUT2D eigenvalue weighted by molar-refractivity contribution is 6.30. The summed E-state index contributed by atoms with van der Waals surface area (Å²) < 4.78 is 5.64. The first-order valence-electron chi connectivity index (χ1n) is 16.7. The molecule has 2 amide bonds. The van der Waals surface area contributed by atoms with E-state index in [1.165, 1.54) is 32.1 Å². The van der Waals surface area contributed by atoms with Crippen LogP contribution < -0.4 is 11.1 Å². The van der Waals surface area contributed by atoms with Crippen LogP contribution in [0, 0.1) is 23.2 Å². The maximum Gasteiger partial charge on any atom is 0.245 e. The Hall–Kier alpha value is -2.93. The lowest BCUT2D eigenvalue weighted by Crippen LogP contribution is -2.53. The van der Waals surface area contributed by atoms with E-state index in [-0.39, 0.29) is 11.8 Å². The topological polar surface area (TPSA) is 84.7 Å². The molecule has 244 valence electrons. The monoisotopic (exact) mass is 633 g/mol. The molecule has 7 heteroatoms. The number of fused-ring (bicyclic) bond motifs is 2. The summed E-state index contributed by atoms with van der Waals surface area (Å²) in [5.41, 5.74) is 9.34. The van der Waals surface area contributed by atoms with E-state index in [0.717, 1.165) is 61.1 Å². The van der Waals surface area contributed by atoms with Gasteiger partial charge in [0.2, 0.25) is 11.8 Å². The van der Waals surface area contributed by atoms with Crippen LogP contribution in [0.3, 0.4) is 0 Å². The maximum absolute atomic E-state index is 14.0. The van der Waals surface area contributed by atoms with Crippen molar-refractivity contribution in [3.05, 3.63) is 95.6 Å². The van der Waals surface area contributed by atoms with E-state index in [0.29, 0.717) is 42.2 Å². The number of ether oxygens (including phenoxy) is 1. The molecule has 2 aromatic carbocycles. The molecule has 2 unspecified atom stereocenters. The first kappa shape index (κ1) is 34.9. The summed E-state index contributed by atoms with van der Waals surface area (Å²) in [7, 11) is 1.83. The highest BCUT2D eigenvalue weighted by atomic mass is 35.5. The molecule has 6 nitrogen and oxygen atoms in total. The second-order valence-electron chi connectivity index (χ2n) is 13.1. The highest BCUT2D eigenvalue weighted by Gasteiger charge is 2.54. The number of allylic oxidation sites excluding steroid dienone is 2. The SMILES string of the molecule is C=CC=C.COC[C@@H]1CC2(CCN(C(=O)[C@@H](Cc3ccc(Cl)cc3)NC(=O)CCc3ccccc3CN)CC2)C2CCCCC21. The Labute approximate surface area is 275 Å². The van der Waals surface area contributed by atoms with Crippen molar-refractivity contribution in [1.82, 2.24) is 10.2 Å². The number of nitrogens with zero attached hydrogens (tertiary/aromatic N) is 1. The van der Waals surface area contributed by atoms with Crippen molar-refractivity contribution in [3.63, 3.8) is 0 Å². The van der Waals surface area contributed by atoms with Gasteiger partial charge in [0, 0.05) is 51.2 Å². The number of methoxy groups -OCH3 is 1. The molecule has 2 saturated carbocycles. The molecule has 0 radical (unpaired) electrons. The summed E-state index contributed by atoms with van der Waals surface area (Å²) >= 11 is 6.12. The Morgan fingerprint density at radius 2 is 1.73 bits per heavy atom. The lowest BCUT2D eigenvalue weighted by Gasteiger charge is -2.46. The number of hydrogen-bond acceptors (Lipinski definition) is 4. The summed E-state index contributed by atoms with van der Waals surface area (Å²) in [4.78, 5) is 29.2. The molecular formula is C38H52ClN3O3. The molecule has 2 aromatic rings. The number of carbonyl (C=O) groups excluding carboxylic acids is 2. The molecule has 2 aliphatic carbocycles. The van der Waals surface area contributed by atoms with Gasteiger partial charge in [0.05, 0.1) is 0 Å². The van der Waals surface area contributed by atoms with E-state index in [1.54, 1.807) is 12.2 Å². The second kappa shape index (κ2) is 17.1. The molecule has 45 heavy (non-hydrogen) atoms. The average Bonchev–Trinajstić information content (AvgIpc) is 3.37. The van der Waals surface area contributed by atoms with Gasteiger partial charge in [0.1, 0.15) is 6.04 Å². The van der Waals surface area contributed by atoms with Crippen LogP contribution in [0.25, 0.3) is 0 Å². The molecular weight excluding hydrogens is 582 g/mol. The van der Waals surface area contributed by atoms with E-state index >= 15 is 0 Å². The fraction of sp³-hybridized carbons (Fsp3) is 0.526. The zero-order valence-electron chi connectivity index (χ0n) is 27.0. The number of halogens is 1. The number of piperidine rings is 1. The molecule has 3 aliphatic rings. The smallest absolute Gasteiger partial charge is 0.245 e. The van der Waals surface area contributed by atoms with Crippen LogP contribution in [0.5, 0.6) is 0 Å². The van der Waals surface area contributed by atoms with Crippen LogP contribution >= 0.6 is 11.6 Å².